The Labute approximate surface area is 212 Å². The summed E-state index contributed by atoms with van der Waals surface area (Å²) in [7, 11) is 4.70. The van der Waals surface area contributed by atoms with Crippen LogP contribution in [0.4, 0.5) is 0 Å². The lowest BCUT2D eigenvalue weighted by Gasteiger charge is -2.25. The Kier molecular flexibility index (Phi) is 7.30. The number of hydrogen-bond acceptors (Lipinski definition) is 8. The van der Waals surface area contributed by atoms with Crippen molar-refractivity contribution >= 4 is 23.4 Å². The number of fused-ring (bicyclic) bond motifs is 1. The van der Waals surface area contributed by atoms with Crippen LogP contribution in [0.1, 0.15) is 37.9 Å². The maximum absolute atomic E-state index is 13.8. The first kappa shape index (κ1) is 25.2. The molecule has 1 unspecified atom stereocenters. The standard InChI is InChI=1S/C27H28N2O6S/c1-15(2)35-26(31)22-16(3)28-27-29(23(22)17-10-12-19(32-4)13-11-17)25(30)21(36-27)14-18-8-7-9-20(33-5)24(18)34-6/h7-15,23H,1-6H3/b21-14+. The zero-order valence-corrected chi connectivity index (χ0v) is 21.8. The van der Waals surface area contributed by atoms with E-state index in [-0.39, 0.29) is 11.7 Å². The Balaban J connectivity index is 1.95. The van der Waals surface area contributed by atoms with Gasteiger partial charge in [0.1, 0.15) is 5.75 Å². The molecule has 1 aromatic heterocycles. The molecule has 2 aromatic carbocycles. The third-order valence-corrected chi connectivity index (χ3v) is 6.72. The molecule has 0 radical (unpaired) electrons. The minimum atomic E-state index is -0.701. The van der Waals surface area contributed by atoms with Crippen LogP contribution in [0.2, 0.25) is 0 Å². The number of nitrogens with zero attached hydrogens (tertiary/aromatic N) is 2. The minimum Gasteiger partial charge on any atom is -0.497 e. The number of thiazole rings is 1. The van der Waals surface area contributed by atoms with Crippen LogP contribution < -0.4 is 29.1 Å². The molecule has 0 N–H and O–H groups in total. The molecule has 8 nitrogen and oxygen atoms in total. The summed E-state index contributed by atoms with van der Waals surface area (Å²) >= 11 is 1.25. The van der Waals surface area contributed by atoms with E-state index in [4.69, 9.17) is 18.9 Å². The summed E-state index contributed by atoms with van der Waals surface area (Å²) in [6, 6.07) is 12.0. The van der Waals surface area contributed by atoms with Crippen molar-refractivity contribution in [2.45, 2.75) is 32.9 Å². The van der Waals surface area contributed by atoms with Crippen molar-refractivity contribution in [1.29, 1.82) is 0 Å². The molecule has 0 bridgehead atoms. The number of ether oxygens (including phenoxy) is 4. The van der Waals surface area contributed by atoms with Gasteiger partial charge >= 0.3 is 5.97 Å². The quantitative estimate of drug-likeness (QED) is 0.456. The van der Waals surface area contributed by atoms with Crippen molar-refractivity contribution < 1.29 is 23.7 Å². The zero-order chi connectivity index (χ0) is 26.0. The van der Waals surface area contributed by atoms with Crippen LogP contribution in [0.15, 0.2) is 63.5 Å². The lowest BCUT2D eigenvalue weighted by atomic mass is 9.96. The van der Waals surface area contributed by atoms with E-state index in [0.717, 1.165) is 5.56 Å². The molecule has 2 heterocycles. The van der Waals surface area contributed by atoms with Gasteiger partial charge in [-0.25, -0.2) is 9.79 Å². The Morgan fingerprint density at radius 3 is 2.39 bits per heavy atom. The fourth-order valence-corrected chi connectivity index (χ4v) is 5.17. The lowest BCUT2D eigenvalue weighted by Crippen LogP contribution is -2.40. The van der Waals surface area contributed by atoms with Gasteiger partial charge in [-0.2, -0.15) is 0 Å². The predicted octanol–water partition coefficient (Wildman–Crippen LogP) is 3.21. The second kappa shape index (κ2) is 10.4. The molecule has 0 saturated carbocycles. The number of methoxy groups -OCH3 is 3. The molecule has 4 rings (SSSR count). The van der Waals surface area contributed by atoms with E-state index >= 15 is 0 Å². The fraction of sp³-hybridized carbons (Fsp3) is 0.296. The summed E-state index contributed by atoms with van der Waals surface area (Å²) < 4.78 is 23.8. The normalized spacial score (nSPS) is 15.4. The Hall–Kier alpha value is -3.85. The number of carbonyl (C=O) groups excluding carboxylic acids is 1. The molecule has 188 valence electrons. The molecule has 0 saturated heterocycles. The summed E-state index contributed by atoms with van der Waals surface area (Å²) in [6.07, 6.45) is 1.43. The van der Waals surface area contributed by atoms with Crippen molar-refractivity contribution in [2.75, 3.05) is 21.3 Å². The number of aromatic nitrogens is 1. The van der Waals surface area contributed by atoms with Gasteiger partial charge in [-0.1, -0.05) is 35.6 Å². The largest absolute Gasteiger partial charge is 0.497 e. The van der Waals surface area contributed by atoms with Gasteiger partial charge in [-0.05, 0) is 50.6 Å². The number of allylic oxidation sites excluding steroid dienone is 1. The molecule has 9 heteroatoms. The first-order chi connectivity index (χ1) is 17.3. The maximum atomic E-state index is 13.8. The SMILES string of the molecule is COc1ccc(C2C(C(=O)OC(C)C)=C(C)N=c3s/c(=C/c4cccc(OC)c4OC)c(=O)n32)cc1. The van der Waals surface area contributed by atoms with Gasteiger partial charge < -0.3 is 18.9 Å². The summed E-state index contributed by atoms with van der Waals surface area (Å²) in [6.45, 7) is 5.33. The van der Waals surface area contributed by atoms with Gasteiger partial charge in [0.15, 0.2) is 16.3 Å². The van der Waals surface area contributed by atoms with Crippen molar-refractivity contribution in [1.82, 2.24) is 4.57 Å². The molecule has 36 heavy (non-hydrogen) atoms. The first-order valence-electron chi connectivity index (χ1n) is 11.4. The molecule has 1 atom stereocenters. The van der Waals surface area contributed by atoms with Crippen LogP contribution in [-0.2, 0) is 9.53 Å². The highest BCUT2D eigenvalue weighted by molar-refractivity contribution is 7.07. The zero-order valence-electron chi connectivity index (χ0n) is 21.0. The van der Waals surface area contributed by atoms with Gasteiger partial charge in [-0.15, -0.1) is 0 Å². The fourth-order valence-electron chi connectivity index (χ4n) is 4.13. The van der Waals surface area contributed by atoms with Crippen LogP contribution in [0.25, 0.3) is 6.08 Å². The van der Waals surface area contributed by atoms with Crippen LogP contribution in [0, 0.1) is 0 Å². The molecule has 0 aliphatic carbocycles. The summed E-state index contributed by atoms with van der Waals surface area (Å²) in [5.41, 5.74) is 2.00. The number of carbonyl (C=O) groups is 1. The molecule has 0 amide bonds. The second-order valence-corrected chi connectivity index (χ2v) is 9.40. The highest BCUT2D eigenvalue weighted by atomic mass is 32.1. The Bertz CT molecular complexity index is 1500. The first-order valence-corrected chi connectivity index (χ1v) is 12.2. The van der Waals surface area contributed by atoms with Gasteiger partial charge in [0.05, 0.1) is 49.3 Å². The third kappa shape index (κ3) is 4.66. The number of para-hydroxylation sites is 1. The number of hydrogen-bond donors (Lipinski definition) is 0. The van der Waals surface area contributed by atoms with Crippen molar-refractivity contribution in [3.8, 4) is 17.2 Å². The lowest BCUT2D eigenvalue weighted by molar-refractivity contribution is -0.143. The van der Waals surface area contributed by atoms with E-state index in [9.17, 15) is 9.59 Å². The summed E-state index contributed by atoms with van der Waals surface area (Å²) in [4.78, 5) is 32.1. The van der Waals surface area contributed by atoms with E-state index in [2.05, 4.69) is 4.99 Å². The van der Waals surface area contributed by atoms with E-state index in [0.29, 0.717) is 43.4 Å². The molecular weight excluding hydrogens is 480 g/mol. The third-order valence-electron chi connectivity index (χ3n) is 5.74. The maximum Gasteiger partial charge on any atom is 0.338 e. The monoisotopic (exact) mass is 508 g/mol. The average molecular weight is 509 g/mol. The van der Waals surface area contributed by atoms with E-state index in [1.165, 1.54) is 11.3 Å². The number of esters is 1. The van der Waals surface area contributed by atoms with E-state index in [1.807, 2.05) is 24.3 Å². The molecular formula is C27H28N2O6S. The van der Waals surface area contributed by atoms with Crippen molar-refractivity contribution in [2.24, 2.45) is 4.99 Å². The van der Waals surface area contributed by atoms with Crippen molar-refractivity contribution in [3.05, 3.63) is 84.5 Å². The molecule has 0 fully saturated rings. The predicted molar refractivity (Wildman–Crippen MR) is 138 cm³/mol. The topological polar surface area (TPSA) is 88.4 Å². The van der Waals surface area contributed by atoms with E-state index in [1.54, 1.807) is 70.9 Å². The number of benzene rings is 2. The van der Waals surface area contributed by atoms with Crippen LogP contribution >= 0.6 is 11.3 Å². The minimum absolute atomic E-state index is 0.271. The van der Waals surface area contributed by atoms with Gasteiger partial charge in [0.2, 0.25) is 0 Å². The second-order valence-electron chi connectivity index (χ2n) is 8.39. The van der Waals surface area contributed by atoms with E-state index < -0.39 is 12.0 Å². The van der Waals surface area contributed by atoms with Crippen LogP contribution in [0.5, 0.6) is 17.2 Å². The number of rotatable bonds is 7. The Morgan fingerprint density at radius 2 is 1.78 bits per heavy atom. The van der Waals surface area contributed by atoms with Gasteiger partial charge in [0, 0.05) is 5.56 Å². The molecule has 0 spiro atoms. The van der Waals surface area contributed by atoms with Crippen LogP contribution in [0.3, 0.4) is 0 Å². The van der Waals surface area contributed by atoms with Crippen LogP contribution in [-0.4, -0.2) is 38.0 Å². The van der Waals surface area contributed by atoms with Crippen molar-refractivity contribution in [3.63, 3.8) is 0 Å². The Morgan fingerprint density at radius 1 is 1.06 bits per heavy atom. The summed E-state index contributed by atoms with van der Waals surface area (Å²) in [5.74, 6) is 1.25. The smallest absolute Gasteiger partial charge is 0.338 e. The average Bonchev–Trinajstić information content (AvgIpc) is 3.16. The van der Waals surface area contributed by atoms with Gasteiger partial charge in [-0.3, -0.25) is 9.36 Å². The molecule has 1 aliphatic rings. The highest BCUT2D eigenvalue weighted by Gasteiger charge is 2.33. The molecule has 3 aromatic rings. The highest BCUT2D eigenvalue weighted by Crippen LogP contribution is 2.33. The summed E-state index contributed by atoms with van der Waals surface area (Å²) in [5, 5.41) is 0. The van der Waals surface area contributed by atoms with Gasteiger partial charge in [0.25, 0.3) is 5.56 Å². The molecule has 1 aliphatic heterocycles.